The summed E-state index contributed by atoms with van der Waals surface area (Å²) in [4.78, 5) is 27.1. The smallest absolute Gasteiger partial charge is 0.253 e. The summed E-state index contributed by atoms with van der Waals surface area (Å²) in [6, 6.07) is 7.88. The molecule has 1 aliphatic heterocycles. The molecule has 1 aromatic rings. The normalized spacial score (nSPS) is 15.5. The predicted octanol–water partition coefficient (Wildman–Crippen LogP) is 1.82. The Morgan fingerprint density at radius 3 is 2.30 bits per heavy atom. The molecule has 126 valence electrons. The molecule has 5 nitrogen and oxygen atoms in total. The van der Waals surface area contributed by atoms with Crippen molar-refractivity contribution in [3.05, 3.63) is 35.4 Å². The van der Waals surface area contributed by atoms with E-state index in [1.54, 1.807) is 26.1 Å². The van der Waals surface area contributed by atoms with E-state index in [0.717, 1.165) is 37.9 Å². The highest BCUT2D eigenvalue weighted by molar-refractivity contribution is 5.93. The number of rotatable bonds is 5. The first-order chi connectivity index (χ1) is 11.0. The number of amides is 2. The number of ether oxygens (including phenoxy) is 1. The van der Waals surface area contributed by atoms with E-state index in [9.17, 15) is 9.59 Å². The lowest BCUT2D eigenvalue weighted by atomic mass is 9.90. The molecule has 1 aliphatic rings. The average molecular weight is 318 g/mol. The number of methoxy groups -OCH3 is 1. The minimum absolute atomic E-state index is 0.0292. The second-order valence-corrected chi connectivity index (χ2v) is 6.36. The van der Waals surface area contributed by atoms with E-state index in [1.807, 2.05) is 29.2 Å². The molecule has 0 bridgehead atoms. The number of nitrogens with zero attached hydrogens (tertiary/aromatic N) is 2. The maximum atomic E-state index is 11.9. The predicted molar refractivity (Wildman–Crippen MR) is 89.3 cm³/mol. The first kappa shape index (κ1) is 17.5. The van der Waals surface area contributed by atoms with Gasteiger partial charge in [0.05, 0.1) is 0 Å². The van der Waals surface area contributed by atoms with Crippen LogP contribution in [0, 0.1) is 5.92 Å². The number of carbonyl (C=O) groups is 2. The summed E-state index contributed by atoms with van der Waals surface area (Å²) in [5.41, 5.74) is 1.97. The van der Waals surface area contributed by atoms with Crippen molar-refractivity contribution in [1.29, 1.82) is 0 Å². The molecule has 1 heterocycles. The molecule has 0 radical (unpaired) electrons. The summed E-state index contributed by atoms with van der Waals surface area (Å²) in [7, 11) is 5.07. The summed E-state index contributed by atoms with van der Waals surface area (Å²) in [6.45, 7) is 1.79. The maximum absolute atomic E-state index is 11.9. The van der Waals surface area contributed by atoms with Gasteiger partial charge in [-0.2, -0.15) is 0 Å². The molecule has 0 aliphatic carbocycles. The fraction of sp³-hybridized carbons (Fsp3) is 0.556. The molecule has 1 saturated heterocycles. The highest BCUT2D eigenvalue weighted by Gasteiger charge is 2.22. The van der Waals surface area contributed by atoms with E-state index < -0.39 is 0 Å². The Hall–Kier alpha value is -1.88. The minimum Gasteiger partial charge on any atom is -0.375 e. The number of piperidine rings is 1. The van der Waals surface area contributed by atoms with Crippen molar-refractivity contribution >= 4 is 11.8 Å². The van der Waals surface area contributed by atoms with E-state index in [2.05, 4.69) is 0 Å². The van der Waals surface area contributed by atoms with Gasteiger partial charge in [-0.1, -0.05) is 12.1 Å². The molecule has 0 N–H and O–H groups in total. The Balaban J connectivity index is 1.84. The molecule has 0 aromatic heterocycles. The summed E-state index contributed by atoms with van der Waals surface area (Å²) in [5.74, 6) is 0.705. The standard InChI is InChI=1S/C18H26N2O3/c1-19(2)18(22)16-6-4-14(5-7-16)12-15-8-10-20(11-9-15)17(21)13-23-3/h4-7,15H,8-13H2,1-3H3. The molecule has 0 atom stereocenters. The second-order valence-electron chi connectivity index (χ2n) is 6.36. The highest BCUT2D eigenvalue weighted by atomic mass is 16.5. The maximum Gasteiger partial charge on any atom is 0.253 e. The minimum atomic E-state index is 0.0292. The number of carbonyl (C=O) groups excluding carboxylic acids is 2. The molecule has 23 heavy (non-hydrogen) atoms. The van der Waals surface area contributed by atoms with Crippen LogP contribution in [0.5, 0.6) is 0 Å². The monoisotopic (exact) mass is 318 g/mol. The summed E-state index contributed by atoms with van der Waals surface area (Å²) < 4.78 is 4.90. The largest absolute Gasteiger partial charge is 0.375 e. The average Bonchev–Trinajstić information content (AvgIpc) is 2.55. The molecule has 2 amide bonds. The molecule has 0 saturated carbocycles. The van der Waals surface area contributed by atoms with Gasteiger partial charge in [-0.3, -0.25) is 9.59 Å². The van der Waals surface area contributed by atoms with Gasteiger partial charge < -0.3 is 14.5 Å². The van der Waals surface area contributed by atoms with Crippen LogP contribution in [-0.4, -0.2) is 62.5 Å². The van der Waals surface area contributed by atoms with Crippen molar-refractivity contribution < 1.29 is 14.3 Å². The van der Waals surface area contributed by atoms with E-state index in [1.165, 1.54) is 5.56 Å². The summed E-state index contributed by atoms with van der Waals surface area (Å²) in [5, 5.41) is 0. The zero-order chi connectivity index (χ0) is 16.8. The van der Waals surface area contributed by atoms with Crippen LogP contribution in [0.4, 0.5) is 0 Å². The second kappa shape index (κ2) is 8.11. The lowest BCUT2D eigenvalue weighted by Gasteiger charge is -2.32. The van der Waals surface area contributed by atoms with Gasteiger partial charge in [-0.05, 0) is 42.9 Å². The Kier molecular flexibility index (Phi) is 6.16. The van der Waals surface area contributed by atoms with Crippen LogP contribution < -0.4 is 0 Å². The molecule has 2 rings (SSSR count). The molecular formula is C18H26N2O3. The molecule has 5 heteroatoms. The molecule has 0 spiro atoms. The topological polar surface area (TPSA) is 49.9 Å². The van der Waals surface area contributed by atoms with E-state index >= 15 is 0 Å². The van der Waals surface area contributed by atoms with Crippen LogP contribution in [0.1, 0.15) is 28.8 Å². The highest BCUT2D eigenvalue weighted by Crippen LogP contribution is 2.22. The zero-order valence-electron chi connectivity index (χ0n) is 14.2. The van der Waals surface area contributed by atoms with Crippen molar-refractivity contribution in [2.45, 2.75) is 19.3 Å². The molecule has 0 unspecified atom stereocenters. The van der Waals surface area contributed by atoms with Crippen LogP contribution in [0.15, 0.2) is 24.3 Å². The summed E-state index contributed by atoms with van der Waals surface area (Å²) in [6.07, 6.45) is 3.05. The van der Waals surface area contributed by atoms with Gasteiger partial charge in [0.15, 0.2) is 0 Å². The molecule has 1 aromatic carbocycles. The van der Waals surface area contributed by atoms with Crippen LogP contribution in [0.3, 0.4) is 0 Å². The zero-order valence-corrected chi connectivity index (χ0v) is 14.2. The van der Waals surface area contributed by atoms with E-state index in [4.69, 9.17) is 4.74 Å². The third kappa shape index (κ3) is 4.79. The Bertz CT molecular complexity index is 532. The van der Waals surface area contributed by atoms with Crippen LogP contribution in [-0.2, 0) is 16.0 Å². The Morgan fingerprint density at radius 2 is 1.78 bits per heavy atom. The number of likely N-dealkylation sites (tertiary alicyclic amines) is 1. The van der Waals surface area contributed by atoms with Gasteiger partial charge >= 0.3 is 0 Å². The van der Waals surface area contributed by atoms with Crippen LogP contribution >= 0.6 is 0 Å². The van der Waals surface area contributed by atoms with Crippen LogP contribution in [0.2, 0.25) is 0 Å². The first-order valence-corrected chi connectivity index (χ1v) is 8.08. The lowest BCUT2D eigenvalue weighted by Crippen LogP contribution is -2.40. The van der Waals surface area contributed by atoms with Crippen molar-refractivity contribution in [3.63, 3.8) is 0 Å². The van der Waals surface area contributed by atoms with Gasteiger partial charge in [-0.25, -0.2) is 0 Å². The third-order valence-electron chi connectivity index (χ3n) is 4.37. The third-order valence-corrected chi connectivity index (χ3v) is 4.37. The summed E-state index contributed by atoms with van der Waals surface area (Å²) >= 11 is 0. The number of benzene rings is 1. The van der Waals surface area contributed by atoms with Crippen molar-refractivity contribution in [2.75, 3.05) is 40.9 Å². The fourth-order valence-electron chi connectivity index (χ4n) is 2.98. The van der Waals surface area contributed by atoms with E-state index in [-0.39, 0.29) is 18.4 Å². The Labute approximate surface area is 138 Å². The molecule has 1 fully saturated rings. The van der Waals surface area contributed by atoms with Crippen LogP contribution in [0.25, 0.3) is 0 Å². The van der Waals surface area contributed by atoms with Crippen molar-refractivity contribution in [3.8, 4) is 0 Å². The lowest BCUT2D eigenvalue weighted by molar-refractivity contribution is -0.136. The number of hydrogen-bond donors (Lipinski definition) is 0. The fourth-order valence-corrected chi connectivity index (χ4v) is 2.98. The Morgan fingerprint density at radius 1 is 1.17 bits per heavy atom. The van der Waals surface area contributed by atoms with Gasteiger partial charge in [0.1, 0.15) is 6.61 Å². The van der Waals surface area contributed by atoms with Gasteiger partial charge in [-0.15, -0.1) is 0 Å². The van der Waals surface area contributed by atoms with Gasteiger partial charge in [0.25, 0.3) is 5.91 Å². The quantitative estimate of drug-likeness (QED) is 0.832. The van der Waals surface area contributed by atoms with Crippen molar-refractivity contribution in [2.24, 2.45) is 5.92 Å². The SMILES string of the molecule is COCC(=O)N1CCC(Cc2ccc(C(=O)N(C)C)cc2)CC1. The van der Waals surface area contributed by atoms with Gasteiger partial charge in [0, 0.05) is 39.9 Å². The molecular weight excluding hydrogens is 292 g/mol. The first-order valence-electron chi connectivity index (χ1n) is 8.08. The van der Waals surface area contributed by atoms with Crippen molar-refractivity contribution in [1.82, 2.24) is 9.80 Å². The van der Waals surface area contributed by atoms with Gasteiger partial charge in [0.2, 0.25) is 5.91 Å². The van der Waals surface area contributed by atoms with E-state index in [0.29, 0.717) is 5.92 Å². The number of hydrogen-bond acceptors (Lipinski definition) is 3.